The highest BCUT2D eigenvalue weighted by molar-refractivity contribution is 7.92. The quantitative estimate of drug-likeness (QED) is 0.358. The van der Waals surface area contributed by atoms with E-state index in [0.717, 1.165) is 14.8 Å². The van der Waals surface area contributed by atoms with E-state index in [0.29, 0.717) is 6.54 Å². The Bertz CT molecular complexity index is 1420. The fourth-order valence-electron chi connectivity index (χ4n) is 3.72. The van der Waals surface area contributed by atoms with Crippen LogP contribution in [0.15, 0.2) is 71.6 Å². The molecule has 0 spiro atoms. The van der Waals surface area contributed by atoms with Crippen molar-refractivity contribution in [3.63, 3.8) is 0 Å². The van der Waals surface area contributed by atoms with E-state index >= 15 is 0 Å². The van der Waals surface area contributed by atoms with Gasteiger partial charge in [0, 0.05) is 18.7 Å². The van der Waals surface area contributed by atoms with E-state index in [1.165, 1.54) is 55.5 Å². The second-order valence-corrected chi connectivity index (χ2v) is 11.3. The number of carbonyl (C=O) groups is 2. The molecule has 3 aromatic carbocycles. The Morgan fingerprint density at radius 2 is 1.66 bits per heavy atom. The summed E-state index contributed by atoms with van der Waals surface area (Å²) in [6, 6.07) is 15.2. The first-order chi connectivity index (χ1) is 17.9. The maximum atomic E-state index is 14.5. The molecule has 0 aliphatic carbocycles. The van der Waals surface area contributed by atoms with Crippen molar-refractivity contribution in [2.24, 2.45) is 0 Å². The van der Waals surface area contributed by atoms with Crippen LogP contribution in [0.1, 0.15) is 25.0 Å². The van der Waals surface area contributed by atoms with Gasteiger partial charge in [-0.1, -0.05) is 59.1 Å². The zero-order chi connectivity index (χ0) is 28.0. The molecule has 0 radical (unpaired) electrons. The van der Waals surface area contributed by atoms with Gasteiger partial charge in [-0.15, -0.1) is 0 Å². The maximum absolute atomic E-state index is 14.5. The summed E-state index contributed by atoms with van der Waals surface area (Å²) < 4.78 is 42.9. The fourth-order valence-corrected chi connectivity index (χ4v) is 5.42. The minimum atomic E-state index is -4.26. The molecule has 2 amide bonds. The van der Waals surface area contributed by atoms with Gasteiger partial charge >= 0.3 is 0 Å². The number of nitrogens with zero attached hydrogens (tertiary/aromatic N) is 2. The predicted octanol–water partition coefficient (Wildman–Crippen LogP) is 5.19. The van der Waals surface area contributed by atoms with Gasteiger partial charge in [0.25, 0.3) is 10.0 Å². The molecular formula is C27H28Cl2FN3O4S. The van der Waals surface area contributed by atoms with Crippen LogP contribution in [0.2, 0.25) is 10.0 Å². The summed E-state index contributed by atoms with van der Waals surface area (Å²) in [7, 11) is -4.26. The number of hydrogen-bond acceptors (Lipinski definition) is 4. The van der Waals surface area contributed by atoms with Gasteiger partial charge < -0.3 is 10.2 Å². The molecule has 11 heteroatoms. The van der Waals surface area contributed by atoms with E-state index in [-0.39, 0.29) is 32.7 Å². The highest BCUT2D eigenvalue weighted by Gasteiger charge is 2.33. The van der Waals surface area contributed by atoms with E-state index in [1.807, 2.05) is 6.92 Å². The Labute approximate surface area is 232 Å². The average molecular weight is 581 g/mol. The summed E-state index contributed by atoms with van der Waals surface area (Å²) >= 11 is 12.2. The molecule has 0 saturated carbocycles. The van der Waals surface area contributed by atoms with Crippen molar-refractivity contribution in [1.82, 2.24) is 10.2 Å². The molecule has 3 aromatic rings. The van der Waals surface area contributed by atoms with Crippen LogP contribution in [-0.2, 0) is 26.2 Å². The van der Waals surface area contributed by atoms with Crippen LogP contribution in [0.25, 0.3) is 0 Å². The average Bonchev–Trinajstić information content (AvgIpc) is 2.88. The lowest BCUT2D eigenvalue weighted by atomic mass is 10.1. The van der Waals surface area contributed by atoms with Gasteiger partial charge in [0.05, 0.1) is 20.6 Å². The van der Waals surface area contributed by atoms with E-state index in [2.05, 4.69) is 5.32 Å². The topological polar surface area (TPSA) is 86.8 Å². The van der Waals surface area contributed by atoms with Crippen molar-refractivity contribution >= 4 is 50.7 Å². The number of likely N-dealkylation sites (N-methyl/N-ethyl adjacent to an activating group) is 1. The Morgan fingerprint density at radius 3 is 2.26 bits per heavy atom. The first kappa shape index (κ1) is 29.4. The molecule has 1 unspecified atom stereocenters. The van der Waals surface area contributed by atoms with Crippen LogP contribution in [0.5, 0.6) is 0 Å². The Hall–Kier alpha value is -3.14. The van der Waals surface area contributed by atoms with Crippen molar-refractivity contribution in [2.75, 3.05) is 17.4 Å². The Morgan fingerprint density at radius 1 is 1.00 bits per heavy atom. The first-order valence-electron chi connectivity index (χ1n) is 11.8. The van der Waals surface area contributed by atoms with Crippen LogP contribution in [0.3, 0.4) is 0 Å². The van der Waals surface area contributed by atoms with Gasteiger partial charge in [0.2, 0.25) is 11.8 Å². The summed E-state index contributed by atoms with van der Waals surface area (Å²) in [5.41, 5.74) is 1.14. The third-order valence-electron chi connectivity index (χ3n) is 5.90. The van der Waals surface area contributed by atoms with Gasteiger partial charge in [-0.2, -0.15) is 0 Å². The molecule has 0 saturated heterocycles. The molecule has 0 heterocycles. The number of amides is 2. The largest absolute Gasteiger partial charge is 0.355 e. The highest BCUT2D eigenvalue weighted by Crippen LogP contribution is 2.31. The Balaban J connectivity index is 2.07. The van der Waals surface area contributed by atoms with Crippen LogP contribution in [0, 0.1) is 12.7 Å². The molecule has 0 aliphatic rings. The number of anilines is 1. The van der Waals surface area contributed by atoms with Gasteiger partial charge in [-0.05, 0) is 57.2 Å². The van der Waals surface area contributed by atoms with E-state index in [9.17, 15) is 22.4 Å². The molecule has 202 valence electrons. The van der Waals surface area contributed by atoms with Crippen LogP contribution in [0.4, 0.5) is 10.1 Å². The molecule has 38 heavy (non-hydrogen) atoms. The van der Waals surface area contributed by atoms with Gasteiger partial charge in [0.15, 0.2) is 0 Å². The summed E-state index contributed by atoms with van der Waals surface area (Å²) in [6.45, 7) is 4.45. The number of nitrogens with one attached hydrogen (secondary N) is 1. The van der Waals surface area contributed by atoms with Crippen molar-refractivity contribution in [2.45, 2.75) is 38.3 Å². The molecule has 1 atom stereocenters. The van der Waals surface area contributed by atoms with Crippen LogP contribution >= 0.6 is 23.2 Å². The molecule has 0 aliphatic heterocycles. The van der Waals surface area contributed by atoms with E-state index in [1.54, 1.807) is 25.1 Å². The summed E-state index contributed by atoms with van der Waals surface area (Å²) in [5.74, 6) is -1.73. The van der Waals surface area contributed by atoms with Crippen LogP contribution < -0.4 is 9.62 Å². The number of carbonyl (C=O) groups excluding carboxylic acids is 2. The number of benzene rings is 3. The van der Waals surface area contributed by atoms with Crippen LogP contribution in [-0.4, -0.2) is 44.3 Å². The van der Waals surface area contributed by atoms with E-state index < -0.39 is 40.2 Å². The number of hydrogen-bond donors (Lipinski definition) is 1. The second-order valence-electron chi connectivity index (χ2n) is 8.61. The zero-order valence-corrected chi connectivity index (χ0v) is 23.4. The molecular weight excluding hydrogens is 552 g/mol. The Kier molecular flexibility index (Phi) is 9.76. The normalized spacial score (nSPS) is 12.1. The minimum absolute atomic E-state index is 0.0422. The monoisotopic (exact) mass is 579 g/mol. The lowest BCUT2D eigenvalue weighted by Gasteiger charge is -2.32. The number of sulfonamides is 1. The minimum Gasteiger partial charge on any atom is -0.355 e. The number of rotatable bonds is 10. The van der Waals surface area contributed by atoms with Gasteiger partial charge in [-0.25, -0.2) is 12.8 Å². The van der Waals surface area contributed by atoms with E-state index in [4.69, 9.17) is 23.2 Å². The smallest absolute Gasteiger partial charge is 0.264 e. The molecule has 7 nitrogen and oxygen atoms in total. The van der Waals surface area contributed by atoms with Crippen molar-refractivity contribution in [3.8, 4) is 0 Å². The van der Waals surface area contributed by atoms with Crippen molar-refractivity contribution < 1.29 is 22.4 Å². The predicted molar refractivity (Wildman–Crippen MR) is 147 cm³/mol. The molecule has 0 aromatic heterocycles. The standard InChI is InChI=1S/C27H28Cl2FN3O4S/c1-4-31-27(35)19(3)32(16-20-7-5-6-8-25(20)30)26(34)17-33(21-11-14-23(28)24(29)15-21)38(36,37)22-12-9-18(2)10-13-22/h5-15,19H,4,16-17H2,1-3H3,(H,31,35). The maximum Gasteiger partial charge on any atom is 0.264 e. The number of halogens is 3. The molecule has 1 N–H and O–H groups in total. The van der Waals surface area contributed by atoms with Gasteiger partial charge in [-0.3, -0.25) is 13.9 Å². The van der Waals surface area contributed by atoms with Crippen molar-refractivity contribution in [3.05, 3.63) is 93.7 Å². The zero-order valence-electron chi connectivity index (χ0n) is 21.1. The van der Waals surface area contributed by atoms with Gasteiger partial charge in [0.1, 0.15) is 18.4 Å². The highest BCUT2D eigenvalue weighted by atomic mass is 35.5. The summed E-state index contributed by atoms with van der Waals surface area (Å²) in [4.78, 5) is 27.5. The molecule has 0 fully saturated rings. The summed E-state index contributed by atoms with van der Waals surface area (Å²) in [5, 5.41) is 2.96. The third-order valence-corrected chi connectivity index (χ3v) is 8.42. The number of aryl methyl sites for hydroxylation is 1. The lowest BCUT2D eigenvalue weighted by molar-refractivity contribution is -0.139. The summed E-state index contributed by atoms with van der Waals surface area (Å²) in [6.07, 6.45) is 0. The SMILES string of the molecule is CCNC(=O)C(C)N(Cc1ccccc1F)C(=O)CN(c1ccc(Cl)c(Cl)c1)S(=O)(=O)c1ccc(C)cc1. The first-order valence-corrected chi connectivity index (χ1v) is 14.0. The lowest BCUT2D eigenvalue weighted by Crippen LogP contribution is -2.51. The third kappa shape index (κ3) is 6.83. The fraction of sp³-hybridized carbons (Fsp3) is 0.259. The molecule has 0 bridgehead atoms. The van der Waals surface area contributed by atoms with Crippen molar-refractivity contribution in [1.29, 1.82) is 0 Å². The second kappa shape index (κ2) is 12.6. The molecule has 3 rings (SSSR count).